The van der Waals surface area contributed by atoms with Crippen molar-refractivity contribution in [2.75, 3.05) is 6.54 Å². The van der Waals surface area contributed by atoms with Crippen LogP contribution in [0.1, 0.15) is 44.1 Å². The zero-order valence-corrected chi connectivity index (χ0v) is 15.4. The molecule has 0 spiro atoms. The molecule has 2 N–H and O–H groups in total. The van der Waals surface area contributed by atoms with Crippen LogP contribution in [-0.4, -0.2) is 32.2 Å². The van der Waals surface area contributed by atoms with Crippen LogP contribution in [0.15, 0.2) is 34.2 Å². The van der Waals surface area contributed by atoms with E-state index >= 15 is 0 Å². The molecule has 5 aliphatic rings. The van der Waals surface area contributed by atoms with Crippen LogP contribution in [0.5, 0.6) is 0 Å². The highest BCUT2D eigenvalue weighted by Crippen LogP contribution is 2.55. The van der Waals surface area contributed by atoms with Crippen LogP contribution in [0.3, 0.4) is 0 Å². The first kappa shape index (κ1) is 16.3. The number of aliphatic imine (C=N–C) groups is 1. The zero-order valence-electron chi connectivity index (χ0n) is 14.6. The lowest BCUT2D eigenvalue weighted by molar-refractivity contribution is -0.125. The molecule has 0 saturated heterocycles. The van der Waals surface area contributed by atoms with Gasteiger partial charge in [0, 0.05) is 11.1 Å². The zero-order chi connectivity index (χ0) is 17.9. The van der Waals surface area contributed by atoms with Gasteiger partial charge in [-0.2, -0.15) is 0 Å². The summed E-state index contributed by atoms with van der Waals surface area (Å²) in [5.41, 5.74) is 0.495. The van der Waals surface area contributed by atoms with Gasteiger partial charge in [0.25, 0.3) is 10.0 Å². The quantitative estimate of drug-likeness (QED) is 0.847. The summed E-state index contributed by atoms with van der Waals surface area (Å²) in [5.74, 6) is 2.45. The maximum absolute atomic E-state index is 12.6. The minimum Gasteiger partial charge on any atom is -0.349 e. The summed E-state index contributed by atoms with van der Waals surface area (Å²) in [7, 11) is -3.56. The molecule has 1 amide bonds. The molecule has 6 nitrogen and oxygen atoms in total. The van der Waals surface area contributed by atoms with Gasteiger partial charge in [-0.15, -0.1) is 0 Å². The van der Waals surface area contributed by atoms with E-state index < -0.39 is 10.0 Å². The van der Waals surface area contributed by atoms with Crippen molar-refractivity contribution in [3.05, 3.63) is 29.8 Å². The van der Waals surface area contributed by atoms with Gasteiger partial charge in [0.1, 0.15) is 12.4 Å². The molecule has 1 aromatic carbocycles. The second-order valence-corrected chi connectivity index (χ2v) is 10.2. The molecular formula is C19H23N3O3S. The van der Waals surface area contributed by atoms with E-state index in [-0.39, 0.29) is 28.7 Å². The second-order valence-electron chi connectivity index (χ2n) is 8.51. The average molecular weight is 373 g/mol. The van der Waals surface area contributed by atoms with Gasteiger partial charge < -0.3 is 5.32 Å². The van der Waals surface area contributed by atoms with Gasteiger partial charge in [-0.1, -0.05) is 12.1 Å². The fourth-order valence-electron chi connectivity index (χ4n) is 6.00. The highest BCUT2D eigenvalue weighted by Gasteiger charge is 2.51. The van der Waals surface area contributed by atoms with E-state index in [4.69, 9.17) is 0 Å². The van der Waals surface area contributed by atoms with E-state index in [1.54, 1.807) is 24.3 Å². The van der Waals surface area contributed by atoms with Gasteiger partial charge in [-0.25, -0.2) is 8.42 Å². The number of amidine groups is 1. The summed E-state index contributed by atoms with van der Waals surface area (Å²) in [6.45, 7) is -0.0477. The summed E-state index contributed by atoms with van der Waals surface area (Å²) in [6, 6.07) is 6.71. The van der Waals surface area contributed by atoms with Gasteiger partial charge in [-0.05, 0) is 68.4 Å². The summed E-state index contributed by atoms with van der Waals surface area (Å²) in [4.78, 5) is 17.1. The molecular weight excluding hydrogens is 350 g/mol. The molecule has 1 aliphatic heterocycles. The number of benzene rings is 1. The lowest BCUT2D eigenvalue weighted by Crippen LogP contribution is -2.60. The highest BCUT2D eigenvalue weighted by atomic mass is 32.2. The van der Waals surface area contributed by atoms with E-state index in [1.807, 2.05) is 0 Å². The third-order valence-electron chi connectivity index (χ3n) is 6.49. The number of fused-ring (bicyclic) bond motifs is 1. The Morgan fingerprint density at radius 2 is 1.73 bits per heavy atom. The van der Waals surface area contributed by atoms with Crippen molar-refractivity contribution >= 4 is 21.8 Å². The smallest absolute Gasteiger partial charge is 0.263 e. The maximum atomic E-state index is 12.6. The standard InChI is InChI=1S/C19H23N3O3S/c23-17(21-19-8-12-5-13(9-19)7-14(6-12)10-19)11-20-18-15-3-1-2-4-16(15)26(24,25)22-18/h1-4,12-14H,5-11H2,(H,20,22)(H,21,23). The van der Waals surface area contributed by atoms with Gasteiger partial charge in [0.15, 0.2) is 0 Å². The third-order valence-corrected chi connectivity index (χ3v) is 7.88. The molecule has 4 aliphatic carbocycles. The minimum atomic E-state index is -3.56. The van der Waals surface area contributed by atoms with E-state index in [9.17, 15) is 13.2 Å². The van der Waals surface area contributed by atoms with Crippen LogP contribution in [0.2, 0.25) is 0 Å². The SMILES string of the molecule is O=C(CN=C1NS(=O)(=O)c2ccccc21)NC12CC3CC(CC(C3)C1)C2. The topological polar surface area (TPSA) is 87.6 Å². The number of carbonyl (C=O) groups is 1. The summed E-state index contributed by atoms with van der Waals surface area (Å²) in [5, 5.41) is 3.27. The van der Waals surface area contributed by atoms with Crippen molar-refractivity contribution in [2.45, 2.75) is 49.0 Å². The predicted octanol–water partition coefficient (Wildman–Crippen LogP) is 1.81. The number of hydrogen-bond acceptors (Lipinski definition) is 4. The molecule has 7 heteroatoms. The van der Waals surface area contributed by atoms with Crippen molar-refractivity contribution in [3.8, 4) is 0 Å². The van der Waals surface area contributed by atoms with E-state index in [2.05, 4.69) is 15.0 Å². The van der Waals surface area contributed by atoms with Crippen molar-refractivity contribution in [2.24, 2.45) is 22.7 Å². The van der Waals surface area contributed by atoms with Crippen LogP contribution in [0, 0.1) is 17.8 Å². The highest BCUT2D eigenvalue weighted by molar-refractivity contribution is 7.90. The number of amides is 1. The number of hydrogen-bond donors (Lipinski definition) is 2. The first-order valence-corrected chi connectivity index (χ1v) is 10.9. The molecule has 1 aromatic rings. The molecule has 4 saturated carbocycles. The Balaban J connectivity index is 1.31. The van der Waals surface area contributed by atoms with Gasteiger partial charge in [0.05, 0.1) is 4.90 Å². The molecule has 138 valence electrons. The maximum Gasteiger partial charge on any atom is 0.263 e. The number of nitrogens with zero attached hydrogens (tertiary/aromatic N) is 1. The molecule has 0 unspecified atom stereocenters. The normalized spacial score (nSPS) is 37.4. The minimum absolute atomic E-state index is 0.0426. The Kier molecular flexibility index (Phi) is 3.48. The van der Waals surface area contributed by atoms with Gasteiger partial charge in [0.2, 0.25) is 5.91 Å². The molecule has 1 heterocycles. The fraction of sp³-hybridized carbons (Fsp3) is 0.579. The first-order valence-electron chi connectivity index (χ1n) is 9.40. The van der Waals surface area contributed by atoms with Crippen molar-refractivity contribution in [3.63, 3.8) is 0 Å². The largest absolute Gasteiger partial charge is 0.349 e. The number of rotatable bonds is 3. The Morgan fingerprint density at radius 3 is 2.38 bits per heavy atom. The molecule has 26 heavy (non-hydrogen) atoms. The van der Waals surface area contributed by atoms with Crippen LogP contribution in [0.25, 0.3) is 0 Å². The predicted molar refractivity (Wildman–Crippen MR) is 97.2 cm³/mol. The Labute approximate surface area is 153 Å². The third kappa shape index (κ3) is 2.64. The van der Waals surface area contributed by atoms with Crippen LogP contribution < -0.4 is 10.0 Å². The lowest BCUT2D eigenvalue weighted by atomic mass is 9.53. The lowest BCUT2D eigenvalue weighted by Gasteiger charge is -2.56. The summed E-state index contributed by atoms with van der Waals surface area (Å²) < 4.78 is 26.7. The van der Waals surface area contributed by atoms with Crippen molar-refractivity contribution in [1.82, 2.24) is 10.0 Å². The van der Waals surface area contributed by atoms with E-state index in [1.165, 1.54) is 19.3 Å². The molecule has 4 fully saturated rings. The van der Waals surface area contributed by atoms with Gasteiger partial charge in [-0.3, -0.25) is 14.5 Å². The molecule has 6 rings (SSSR count). The summed E-state index contributed by atoms with van der Waals surface area (Å²) >= 11 is 0. The Hall–Kier alpha value is -1.89. The Morgan fingerprint density at radius 1 is 1.12 bits per heavy atom. The fourth-order valence-corrected chi connectivity index (χ4v) is 7.25. The Bertz CT molecular complexity index is 871. The van der Waals surface area contributed by atoms with Crippen molar-refractivity contribution < 1.29 is 13.2 Å². The second kappa shape index (κ2) is 5.55. The van der Waals surface area contributed by atoms with Crippen molar-refractivity contribution in [1.29, 1.82) is 0 Å². The number of carbonyl (C=O) groups excluding carboxylic acids is 1. The molecule has 0 atom stereocenters. The summed E-state index contributed by atoms with van der Waals surface area (Å²) in [6.07, 6.45) is 7.27. The molecule has 0 radical (unpaired) electrons. The number of sulfonamides is 1. The van der Waals surface area contributed by atoms with E-state index in [0.29, 0.717) is 5.56 Å². The molecule has 0 aromatic heterocycles. The first-order chi connectivity index (χ1) is 12.4. The molecule has 4 bridgehead atoms. The van der Waals surface area contributed by atoms with Crippen LogP contribution in [0.4, 0.5) is 0 Å². The van der Waals surface area contributed by atoms with E-state index in [0.717, 1.165) is 37.0 Å². The van der Waals surface area contributed by atoms with Gasteiger partial charge >= 0.3 is 0 Å². The average Bonchev–Trinajstić information content (AvgIpc) is 2.83. The monoisotopic (exact) mass is 373 g/mol. The van der Waals surface area contributed by atoms with Crippen LogP contribution >= 0.6 is 0 Å². The van der Waals surface area contributed by atoms with Crippen LogP contribution in [-0.2, 0) is 14.8 Å². The number of nitrogens with one attached hydrogen (secondary N) is 2.